The third-order valence-corrected chi connectivity index (χ3v) is 3.07. The molecule has 0 atom stereocenters. The molecule has 0 saturated heterocycles. The molecular formula is C15H13FN4O. The largest absolute Gasteiger partial charge is 0.394 e. The maximum Gasteiger partial charge on any atom is 0.123 e. The van der Waals surface area contributed by atoms with Crippen molar-refractivity contribution in [2.24, 2.45) is 0 Å². The van der Waals surface area contributed by atoms with Crippen LogP contribution in [0, 0.1) is 5.82 Å². The molecule has 0 saturated carbocycles. The average molecular weight is 284 g/mol. The molecule has 1 aromatic carbocycles. The van der Waals surface area contributed by atoms with E-state index in [4.69, 9.17) is 5.11 Å². The van der Waals surface area contributed by atoms with Gasteiger partial charge in [0.2, 0.25) is 0 Å². The summed E-state index contributed by atoms with van der Waals surface area (Å²) in [6.07, 6.45) is 4.94. The standard InChI is InChI=1S/C15H13FN4O/c16-12-3-1-11(2-4-12)15-13(9-20(19-15)7-8-21)14-5-6-17-10-18-14/h1-6,9-10,21H,7-8H2. The van der Waals surface area contributed by atoms with Crippen LogP contribution in [0.15, 0.2) is 49.1 Å². The number of nitrogens with zero attached hydrogens (tertiary/aromatic N) is 4. The van der Waals surface area contributed by atoms with Crippen molar-refractivity contribution >= 4 is 0 Å². The Morgan fingerprint density at radius 2 is 1.95 bits per heavy atom. The van der Waals surface area contributed by atoms with Gasteiger partial charge in [-0.3, -0.25) is 4.68 Å². The number of rotatable bonds is 4. The second-order valence-corrected chi connectivity index (χ2v) is 4.48. The molecule has 0 amide bonds. The van der Waals surface area contributed by atoms with Crippen molar-refractivity contribution in [1.29, 1.82) is 0 Å². The Bertz CT molecular complexity index is 725. The highest BCUT2D eigenvalue weighted by Gasteiger charge is 2.14. The lowest BCUT2D eigenvalue weighted by Crippen LogP contribution is -2.02. The molecule has 1 N–H and O–H groups in total. The molecule has 0 aliphatic carbocycles. The zero-order valence-electron chi connectivity index (χ0n) is 11.1. The lowest BCUT2D eigenvalue weighted by atomic mass is 10.1. The predicted molar refractivity (Wildman–Crippen MR) is 75.7 cm³/mol. The summed E-state index contributed by atoms with van der Waals surface area (Å²) in [6.45, 7) is 0.382. The van der Waals surface area contributed by atoms with Crippen LogP contribution in [-0.4, -0.2) is 31.5 Å². The number of hydrogen-bond acceptors (Lipinski definition) is 4. The molecule has 0 aliphatic heterocycles. The van der Waals surface area contributed by atoms with Gasteiger partial charge in [-0.15, -0.1) is 0 Å². The van der Waals surface area contributed by atoms with E-state index in [2.05, 4.69) is 15.1 Å². The van der Waals surface area contributed by atoms with Crippen molar-refractivity contribution in [3.05, 3.63) is 54.9 Å². The topological polar surface area (TPSA) is 63.8 Å². The maximum atomic E-state index is 13.1. The highest BCUT2D eigenvalue weighted by molar-refractivity contribution is 5.78. The second kappa shape index (κ2) is 5.80. The van der Waals surface area contributed by atoms with Gasteiger partial charge < -0.3 is 5.11 Å². The van der Waals surface area contributed by atoms with Crippen LogP contribution in [0.3, 0.4) is 0 Å². The van der Waals surface area contributed by atoms with Gasteiger partial charge in [-0.25, -0.2) is 14.4 Å². The van der Waals surface area contributed by atoms with Crippen molar-refractivity contribution in [1.82, 2.24) is 19.7 Å². The molecule has 3 aromatic rings. The Kier molecular flexibility index (Phi) is 3.70. The van der Waals surface area contributed by atoms with Gasteiger partial charge in [0.25, 0.3) is 0 Å². The molecule has 2 aromatic heterocycles. The van der Waals surface area contributed by atoms with E-state index in [1.165, 1.54) is 18.5 Å². The normalized spacial score (nSPS) is 10.8. The molecule has 0 spiro atoms. The Labute approximate surface area is 120 Å². The lowest BCUT2D eigenvalue weighted by Gasteiger charge is -2.01. The van der Waals surface area contributed by atoms with Gasteiger partial charge in [0.05, 0.1) is 18.8 Å². The summed E-state index contributed by atoms with van der Waals surface area (Å²) in [7, 11) is 0. The molecule has 21 heavy (non-hydrogen) atoms. The van der Waals surface area contributed by atoms with E-state index in [9.17, 15) is 4.39 Å². The first-order chi connectivity index (χ1) is 10.3. The summed E-state index contributed by atoms with van der Waals surface area (Å²) >= 11 is 0. The number of benzene rings is 1. The van der Waals surface area contributed by atoms with Crippen LogP contribution in [0.2, 0.25) is 0 Å². The molecule has 2 heterocycles. The SMILES string of the molecule is OCCn1cc(-c2ccncn2)c(-c2ccc(F)cc2)n1. The fraction of sp³-hybridized carbons (Fsp3) is 0.133. The maximum absolute atomic E-state index is 13.1. The Morgan fingerprint density at radius 3 is 2.62 bits per heavy atom. The molecule has 6 heteroatoms. The van der Waals surface area contributed by atoms with Gasteiger partial charge in [0.15, 0.2) is 0 Å². The summed E-state index contributed by atoms with van der Waals surface area (Å²) < 4.78 is 14.7. The Hall–Kier alpha value is -2.60. The molecule has 0 bridgehead atoms. The Balaban J connectivity index is 2.11. The summed E-state index contributed by atoms with van der Waals surface area (Å²) in [5, 5.41) is 13.5. The van der Waals surface area contributed by atoms with Gasteiger partial charge in [-0.2, -0.15) is 5.10 Å². The number of hydrogen-bond donors (Lipinski definition) is 1. The van der Waals surface area contributed by atoms with Gasteiger partial charge in [-0.1, -0.05) is 0 Å². The predicted octanol–water partition coefficient (Wildman–Crippen LogP) is 2.14. The monoisotopic (exact) mass is 284 g/mol. The molecule has 3 rings (SSSR count). The molecule has 0 fully saturated rings. The van der Waals surface area contributed by atoms with Crippen molar-refractivity contribution in [2.45, 2.75) is 6.54 Å². The van der Waals surface area contributed by atoms with Crippen molar-refractivity contribution < 1.29 is 9.50 Å². The smallest absolute Gasteiger partial charge is 0.123 e. The fourth-order valence-electron chi connectivity index (χ4n) is 2.10. The minimum Gasteiger partial charge on any atom is -0.394 e. The highest BCUT2D eigenvalue weighted by Crippen LogP contribution is 2.29. The summed E-state index contributed by atoms with van der Waals surface area (Å²) in [5.41, 5.74) is 3.04. The molecule has 5 nitrogen and oxygen atoms in total. The quantitative estimate of drug-likeness (QED) is 0.797. The van der Waals surface area contributed by atoms with Crippen LogP contribution < -0.4 is 0 Å². The van der Waals surface area contributed by atoms with E-state index >= 15 is 0 Å². The molecular weight excluding hydrogens is 271 g/mol. The van der Waals surface area contributed by atoms with Gasteiger partial charge >= 0.3 is 0 Å². The Morgan fingerprint density at radius 1 is 1.14 bits per heavy atom. The fourth-order valence-corrected chi connectivity index (χ4v) is 2.10. The second-order valence-electron chi connectivity index (χ2n) is 4.48. The third kappa shape index (κ3) is 2.80. The minimum absolute atomic E-state index is 0.00620. The van der Waals surface area contributed by atoms with Gasteiger partial charge in [0.1, 0.15) is 17.8 Å². The van der Waals surface area contributed by atoms with E-state index < -0.39 is 0 Å². The zero-order chi connectivity index (χ0) is 14.7. The first kappa shape index (κ1) is 13.4. The van der Waals surface area contributed by atoms with E-state index in [-0.39, 0.29) is 12.4 Å². The molecule has 0 unspecified atom stereocenters. The summed E-state index contributed by atoms with van der Waals surface area (Å²) in [6, 6.07) is 7.92. The van der Waals surface area contributed by atoms with E-state index in [0.717, 1.165) is 16.8 Å². The molecule has 0 radical (unpaired) electrons. The first-order valence-electron chi connectivity index (χ1n) is 6.48. The number of aliphatic hydroxyl groups is 1. The van der Waals surface area contributed by atoms with Crippen LogP contribution in [0.25, 0.3) is 22.5 Å². The van der Waals surface area contributed by atoms with Crippen LogP contribution in [-0.2, 0) is 6.54 Å². The van der Waals surface area contributed by atoms with Crippen LogP contribution in [0.4, 0.5) is 4.39 Å². The number of aliphatic hydroxyl groups excluding tert-OH is 1. The van der Waals surface area contributed by atoms with Gasteiger partial charge in [0, 0.05) is 23.5 Å². The van der Waals surface area contributed by atoms with Crippen molar-refractivity contribution in [3.8, 4) is 22.5 Å². The average Bonchev–Trinajstić information content (AvgIpc) is 2.93. The van der Waals surface area contributed by atoms with Crippen LogP contribution in [0.1, 0.15) is 0 Å². The summed E-state index contributed by atoms with van der Waals surface area (Å²) in [4.78, 5) is 8.13. The number of halogens is 1. The van der Waals surface area contributed by atoms with Crippen molar-refractivity contribution in [2.75, 3.05) is 6.61 Å². The zero-order valence-corrected chi connectivity index (χ0v) is 11.1. The van der Waals surface area contributed by atoms with E-state index in [1.807, 2.05) is 6.20 Å². The molecule has 0 aliphatic rings. The summed E-state index contributed by atoms with van der Waals surface area (Å²) in [5.74, 6) is -0.294. The van der Waals surface area contributed by atoms with Crippen molar-refractivity contribution in [3.63, 3.8) is 0 Å². The number of aromatic nitrogens is 4. The third-order valence-electron chi connectivity index (χ3n) is 3.07. The molecule has 106 valence electrons. The minimum atomic E-state index is -0.294. The van der Waals surface area contributed by atoms with Crippen LogP contribution in [0.5, 0.6) is 0 Å². The van der Waals surface area contributed by atoms with Gasteiger partial charge in [-0.05, 0) is 30.3 Å². The van der Waals surface area contributed by atoms with E-state index in [0.29, 0.717) is 12.2 Å². The van der Waals surface area contributed by atoms with Crippen LogP contribution >= 0.6 is 0 Å². The van der Waals surface area contributed by atoms with E-state index in [1.54, 1.807) is 29.1 Å². The highest BCUT2D eigenvalue weighted by atomic mass is 19.1. The lowest BCUT2D eigenvalue weighted by molar-refractivity contribution is 0.269. The first-order valence-corrected chi connectivity index (χ1v) is 6.48.